The van der Waals surface area contributed by atoms with Crippen LogP contribution in [0.4, 0.5) is 0 Å². The van der Waals surface area contributed by atoms with Gasteiger partial charge < -0.3 is 10.5 Å². The molecule has 0 fully saturated rings. The second kappa shape index (κ2) is 4.98. The molecule has 0 amide bonds. The van der Waals surface area contributed by atoms with E-state index in [9.17, 15) is 0 Å². The topological polar surface area (TPSA) is 35.2 Å². The molecule has 1 aromatic carbocycles. The van der Waals surface area contributed by atoms with Gasteiger partial charge in [-0.2, -0.15) is 0 Å². The third-order valence-corrected chi connectivity index (χ3v) is 3.56. The van der Waals surface area contributed by atoms with Crippen molar-refractivity contribution in [1.82, 2.24) is 0 Å². The summed E-state index contributed by atoms with van der Waals surface area (Å²) < 4.78 is 5.49. The van der Waals surface area contributed by atoms with Crippen LogP contribution in [0.15, 0.2) is 18.2 Å². The molecule has 1 aliphatic heterocycles. The SMILES string of the molecule is CCC(C)c1ccc2c(c1)C(N)COCC2. The van der Waals surface area contributed by atoms with Crippen molar-refractivity contribution in [3.63, 3.8) is 0 Å². The Morgan fingerprint density at radius 1 is 1.50 bits per heavy atom. The van der Waals surface area contributed by atoms with Crippen molar-refractivity contribution in [3.8, 4) is 0 Å². The molecule has 2 unspecified atom stereocenters. The zero-order valence-corrected chi connectivity index (χ0v) is 10.2. The van der Waals surface area contributed by atoms with E-state index in [0.717, 1.165) is 13.0 Å². The van der Waals surface area contributed by atoms with Gasteiger partial charge in [0.15, 0.2) is 0 Å². The first kappa shape index (κ1) is 11.6. The van der Waals surface area contributed by atoms with Crippen molar-refractivity contribution in [2.45, 2.75) is 38.6 Å². The summed E-state index contributed by atoms with van der Waals surface area (Å²) in [5.74, 6) is 0.613. The highest BCUT2D eigenvalue weighted by atomic mass is 16.5. The van der Waals surface area contributed by atoms with Crippen molar-refractivity contribution in [3.05, 3.63) is 34.9 Å². The Bertz CT molecular complexity index is 362. The summed E-state index contributed by atoms with van der Waals surface area (Å²) in [5.41, 5.74) is 10.2. The van der Waals surface area contributed by atoms with Crippen molar-refractivity contribution >= 4 is 0 Å². The van der Waals surface area contributed by atoms with E-state index >= 15 is 0 Å². The number of fused-ring (bicyclic) bond motifs is 1. The van der Waals surface area contributed by atoms with E-state index in [0.29, 0.717) is 12.5 Å². The van der Waals surface area contributed by atoms with Crippen LogP contribution in [0.5, 0.6) is 0 Å². The van der Waals surface area contributed by atoms with Gasteiger partial charge in [-0.3, -0.25) is 0 Å². The molecule has 2 atom stereocenters. The van der Waals surface area contributed by atoms with E-state index in [1.165, 1.54) is 23.1 Å². The molecule has 0 aromatic heterocycles. The second-order valence-corrected chi connectivity index (χ2v) is 4.70. The lowest BCUT2D eigenvalue weighted by molar-refractivity contribution is 0.131. The number of rotatable bonds is 2. The van der Waals surface area contributed by atoms with Gasteiger partial charge in [0.05, 0.1) is 19.3 Å². The Balaban J connectivity index is 2.35. The highest BCUT2D eigenvalue weighted by Crippen LogP contribution is 2.26. The summed E-state index contributed by atoms with van der Waals surface area (Å²) in [6.07, 6.45) is 2.16. The summed E-state index contributed by atoms with van der Waals surface area (Å²) >= 11 is 0. The van der Waals surface area contributed by atoms with Crippen LogP contribution in [0.3, 0.4) is 0 Å². The molecule has 2 nitrogen and oxygen atoms in total. The van der Waals surface area contributed by atoms with Gasteiger partial charge in [-0.15, -0.1) is 0 Å². The quantitative estimate of drug-likeness (QED) is 0.830. The number of ether oxygens (including phenoxy) is 1. The Labute approximate surface area is 97.8 Å². The average Bonchev–Trinajstić information content (AvgIpc) is 2.50. The van der Waals surface area contributed by atoms with Crippen LogP contribution < -0.4 is 5.73 Å². The fraction of sp³-hybridized carbons (Fsp3) is 0.571. The summed E-state index contributed by atoms with van der Waals surface area (Å²) in [6, 6.07) is 6.79. The van der Waals surface area contributed by atoms with Crippen LogP contribution in [0, 0.1) is 0 Å². The first-order valence-electron chi connectivity index (χ1n) is 6.18. The van der Waals surface area contributed by atoms with Gasteiger partial charge in [0, 0.05) is 0 Å². The molecule has 0 radical (unpaired) electrons. The number of hydrogen-bond acceptors (Lipinski definition) is 2. The number of nitrogens with two attached hydrogens (primary N) is 1. The molecule has 2 heteroatoms. The van der Waals surface area contributed by atoms with Crippen molar-refractivity contribution in [1.29, 1.82) is 0 Å². The van der Waals surface area contributed by atoms with E-state index in [1.54, 1.807) is 0 Å². The summed E-state index contributed by atoms with van der Waals surface area (Å²) in [6.45, 7) is 5.93. The molecule has 2 N–H and O–H groups in total. The largest absolute Gasteiger partial charge is 0.379 e. The third kappa shape index (κ3) is 2.28. The van der Waals surface area contributed by atoms with Gasteiger partial charge in [0.2, 0.25) is 0 Å². The minimum Gasteiger partial charge on any atom is -0.379 e. The maximum absolute atomic E-state index is 6.13. The molecule has 1 heterocycles. The monoisotopic (exact) mass is 219 g/mol. The van der Waals surface area contributed by atoms with Gasteiger partial charge in [0.25, 0.3) is 0 Å². The van der Waals surface area contributed by atoms with Gasteiger partial charge in [-0.05, 0) is 35.4 Å². The number of hydrogen-bond donors (Lipinski definition) is 1. The zero-order valence-electron chi connectivity index (χ0n) is 10.2. The van der Waals surface area contributed by atoms with Crippen LogP contribution in [0.2, 0.25) is 0 Å². The van der Waals surface area contributed by atoms with Crippen LogP contribution in [-0.4, -0.2) is 13.2 Å². The van der Waals surface area contributed by atoms with Crippen LogP contribution in [-0.2, 0) is 11.2 Å². The summed E-state index contributed by atoms with van der Waals surface area (Å²) in [4.78, 5) is 0. The fourth-order valence-corrected chi connectivity index (χ4v) is 2.21. The Morgan fingerprint density at radius 3 is 3.06 bits per heavy atom. The Hall–Kier alpha value is -0.860. The normalized spacial score (nSPS) is 22.3. The van der Waals surface area contributed by atoms with Gasteiger partial charge in [-0.25, -0.2) is 0 Å². The fourth-order valence-electron chi connectivity index (χ4n) is 2.21. The van der Waals surface area contributed by atoms with E-state index < -0.39 is 0 Å². The third-order valence-electron chi connectivity index (χ3n) is 3.56. The first-order chi connectivity index (χ1) is 7.72. The standard InChI is InChI=1S/C14H21NO/c1-3-10(2)12-5-4-11-6-7-16-9-14(15)13(11)8-12/h4-5,8,10,14H,3,6-7,9,15H2,1-2H3. The predicted octanol–water partition coefficient (Wildman–Crippen LogP) is 2.77. The van der Waals surface area contributed by atoms with Crippen LogP contribution in [0.25, 0.3) is 0 Å². The van der Waals surface area contributed by atoms with Crippen LogP contribution in [0.1, 0.15) is 48.9 Å². The molecule has 0 saturated carbocycles. The van der Waals surface area contributed by atoms with Gasteiger partial charge >= 0.3 is 0 Å². The highest BCUT2D eigenvalue weighted by Gasteiger charge is 2.16. The molecule has 2 rings (SSSR count). The Kier molecular flexibility index (Phi) is 3.62. The molecular formula is C14H21NO. The van der Waals surface area contributed by atoms with E-state index in [4.69, 9.17) is 10.5 Å². The minimum atomic E-state index is 0.0431. The molecule has 1 aromatic rings. The van der Waals surface area contributed by atoms with Gasteiger partial charge in [-0.1, -0.05) is 32.0 Å². The van der Waals surface area contributed by atoms with E-state index in [-0.39, 0.29) is 6.04 Å². The smallest absolute Gasteiger partial charge is 0.0659 e. The Morgan fingerprint density at radius 2 is 2.31 bits per heavy atom. The van der Waals surface area contributed by atoms with E-state index in [1.807, 2.05) is 0 Å². The second-order valence-electron chi connectivity index (χ2n) is 4.70. The zero-order chi connectivity index (χ0) is 11.5. The molecular weight excluding hydrogens is 198 g/mol. The molecule has 1 aliphatic rings. The molecule has 0 spiro atoms. The lowest BCUT2D eigenvalue weighted by Gasteiger charge is -2.16. The number of benzene rings is 1. The average molecular weight is 219 g/mol. The minimum absolute atomic E-state index is 0.0431. The lowest BCUT2D eigenvalue weighted by atomic mass is 9.91. The molecule has 0 saturated heterocycles. The summed E-state index contributed by atoms with van der Waals surface area (Å²) in [7, 11) is 0. The predicted molar refractivity (Wildman–Crippen MR) is 66.6 cm³/mol. The van der Waals surface area contributed by atoms with E-state index in [2.05, 4.69) is 32.0 Å². The van der Waals surface area contributed by atoms with Crippen molar-refractivity contribution in [2.75, 3.05) is 13.2 Å². The summed E-state index contributed by atoms with van der Waals surface area (Å²) in [5, 5.41) is 0. The van der Waals surface area contributed by atoms with Gasteiger partial charge in [0.1, 0.15) is 0 Å². The maximum Gasteiger partial charge on any atom is 0.0659 e. The van der Waals surface area contributed by atoms with Crippen molar-refractivity contribution in [2.24, 2.45) is 5.73 Å². The highest BCUT2D eigenvalue weighted by molar-refractivity contribution is 5.36. The van der Waals surface area contributed by atoms with Crippen molar-refractivity contribution < 1.29 is 4.74 Å². The molecule has 0 bridgehead atoms. The molecule has 88 valence electrons. The maximum atomic E-state index is 6.13. The first-order valence-corrected chi connectivity index (χ1v) is 6.18. The lowest BCUT2D eigenvalue weighted by Crippen LogP contribution is -2.16. The molecule has 16 heavy (non-hydrogen) atoms. The van der Waals surface area contributed by atoms with Crippen LogP contribution >= 0.6 is 0 Å². The molecule has 0 aliphatic carbocycles.